The summed E-state index contributed by atoms with van der Waals surface area (Å²) in [6.45, 7) is 6.22. The average molecular weight is 227 g/mol. The number of amides is 1. The predicted octanol–water partition coefficient (Wildman–Crippen LogP) is 3.11. The summed E-state index contributed by atoms with van der Waals surface area (Å²) in [5.41, 5.74) is 0. The van der Waals surface area contributed by atoms with Gasteiger partial charge in [-0.3, -0.25) is 0 Å². The largest absolute Gasteiger partial charge is 0.453 e. The molecule has 1 N–H and O–H groups in total. The number of nitrogens with one attached hydrogen (secondary N) is 1. The number of rotatable bonds is 3. The second kappa shape index (κ2) is 5.16. The summed E-state index contributed by atoms with van der Waals surface area (Å²) in [6, 6.07) is 4.16. The van der Waals surface area contributed by atoms with Crippen molar-refractivity contribution in [1.82, 2.24) is 5.32 Å². The Labute approximate surface area is 94.5 Å². The number of ether oxygens (including phenoxy) is 1. The summed E-state index contributed by atoms with van der Waals surface area (Å²) >= 11 is 1.71. The third kappa shape index (κ3) is 3.23. The second-order valence-corrected chi connectivity index (χ2v) is 5.13. The summed E-state index contributed by atoms with van der Waals surface area (Å²) in [6.07, 6.45) is -0.375. The first-order valence-electron chi connectivity index (χ1n) is 4.95. The fourth-order valence-electron chi connectivity index (χ4n) is 1.37. The van der Waals surface area contributed by atoms with Gasteiger partial charge in [-0.25, -0.2) is 4.79 Å². The van der Waals surface area contributed by atoms with Gasteiger partial charge in [-0.2, -0.15) is 0 Å². The molecule has 0 spiro atoms. The first-order valence-corrected chi connectivity index (χ1v) is 5.77. The van der Waals surface area contributed by atoms with Crippen LogP contribution in [-0.4, -0.2) is 13.2 Å². The lowest BCUT2D eigenvalue weighted by Gasteiger charge is -2.20. The smallest absolute Gasteiger partial charge is 0.407 e. The van der Waals surface area contributed by atoms with E-state index in [1.807, 2.05) is 0 Å². The molecule has 0 bridgehead atoms. The van der Waals surface area contributed by atoms with E-state index in [0.29, 0.717) is 5.92 Å². The van der Waals surface area contributed by atoms with Gasteiger partial charge in [0.05, 0.1) is 13.2 Å². The maximum absolute atomic E-state index is 11.2. The van der Waals surface area contributed by atoms with Gasteiger partial charge in [0.1, 0.15) is 0 Å². The first kappa shape index (κ1) is 12.0. The van der Waals surface area contributed by atoms with Crippen LogP contribution in [0.1, 0.15) is 29.6 Å². The zero-order valence-corrected chi connectivity index (χ0v) is 10.4. The summed E-state index contributed by atoms with van der Waals surface area (Å²) in [4.78, 5) is 13.6. The van der Waals surface area contributed by atoms with Crippen molar-refractivity contribution in [2.75, 3.05) is 7.11 Å². The molecule has 1 heterocycles. The van der Waals surface area contributed by atoms with Crippen molar-refractivity contribution in [2.24, 2.45) is 5.92 Å². The molecule has 1 aromatic heterocycles. The van der Waals surface area contributed by atoms with Crippen LogP contribution in [0.4, 0.5) is 4.79 Å². The summed E-state index contributed by atoms with van der Waals surface area (Å²) in [5, 5.41) is 2.84. The molecule has 1 unspecified atom stereocenters. The molecule has 0 aliphatic carbocycles. The molecule has 3 nitrogen and oxygen atoms in total. The Kier molecular flexibility index (Phi) is 4.15. The molecule has 1 rings (SSSR count). The van der Waals surface area contributed by atoms with Crippen LogP contribution >= 0.6 is 11.3 Å². The zero-order valence-electron chi connectivity index (χ0n) is 9.53. The van der Waals surface area contributed by atoms with Gasteiger partial charge < -0.3 is 10.1 Å². The zero-order chi connectivity index (χ0) is 11.4. The third-order valence-corrected chi connectivity index (χ3v) is 3.28. The molecule has 4 heteroatoms. The lowest BCUT2D eigenvalue weighted by Crippen LogP contribution is -2.30. The normalized spacial score (nSPS) is 12.6. The highest BCUT2D eigenvalue weighted by Crippen LogP contribution is 2.28. The minimum Gasteiger partial charge on any atom is -0.453 e. The number of hydrogen-bond acceptors (Lipinski definition) is 3. The molecular formula is C11H17NO2S. The highest BCUT2D eigenvalue weighted by atomic mass is 32.1. The van der Waals surface area contributed by atoms with E-state index in [4.69, 9.17) is 0 Å². The van der Waals surface area contributed by atoms with Crippen molar-refractivity contribution in [3.63, 3.8) is 0 Å². The monoisotopic (exact) mass is 227 g/mol. The second-order valence-electron chi connectivity index (χ2n) is 3.81. The van der Waals surface area contributed by atoms with Crippen LogP contribution in [0.15, 0.2) is 12.1 Å². The van der Waals surface area contributed by atoms with Gasteiger partial charge in [0.25, 0.3) is 0 Å². The van der Waals surface area contributed by atoms with Gasteiger partial charge in [-0.15, -0.1) is 11.3 Å². The number of alkyl carbamates (subject to hydrolysis) is 1. The summed E-state index contributed by atoms with van der Waals surface area (Å²) in [7, 11) is 1.38. The lowest BCUT2D eigenvalue weighted by molar-refractivity contribution is 0.163. The van der Waals surface area contributed by atoms with Crippen molar-refractivity contribution < 1.29 is 9.53 Å². The fourth-order valence-corrected chi connectivity index (χ4v) is 2.47. The summed E-state index contributed by atoms with van der Waals surface area (Å²) < 4.78 is 4.61. The van der Waals surface area contributed by atoms with Gasteiger partial charge in [-0.05, 0) is 25.0 Å². The highest BCUT2D eigenvalue weighted by molar-refractivity contribution is 7.12. The minimum absolute atomic E-state index is 0.0381. The summed E-state index contributed by atoms with van der Waals surface area (Å²) in [5.74, 6) is 0.349. The van der Waals surface area contributed by atoms with E-state index in [1.165, 1.54) is 16.9 Å². The SMILES string of the molecule is COC(=O)NC(c1ccc(C)s1)C(C)C. The lowest BCUT2D eigenvalue weighted by atomic mass is 10.0. The van der Waals surface area contributed by atoms with E-state index >= 15 is 0 Å². The van der Waals surface area contributed by atoms with Crippen molar-refractivity contribution in [3.8, 4) is 0 Å². The maximum atomic E-state index is 11.2. The molecule has 84 valence electrons. The Morgan fingerprint density at radius 2 is 2.13 bits per heavy atom. The predicted molar refractivity (Wildman–Crippen MR) is 62.2 cm³/mol. The van der Waals surface area contributed by atoms with E-state index in [-0.39, 0.29) is 12.1 Å². The average Bonchev–Trinajstić information content (AvgIpc) is 2.60. The Hall–Kier alpha value is -1.03. The minimum atomic E-state index is -0.375. The maximum Gasteiger partial charge on any atom is 0.407 e. The van der Waals surface area contributed by atoms with Gasteiger partial charge >= 0.3 is 6.09 Å². The van der Waals surface area contributed by atoms with E-state index in [1.54, 1.807) is 11.3 Å². The molecule has 0 saturated heterocycles. The highest BCUT2D eigenvalue weighted by Gasteiger charge is 2.19. The van der Waals surface area contributed by atoms with Crippen molar-refractivity contribution in [1.29, 1.82) is 0 Å². The van der Waals surface area contributed by atoms with Crippen LogP contribution in [0.25, 0.3) is 0 Å². The molecule has 1 atom stereocenters. The van der Waals surface area contributed by atoms with E-state index < -0.39 is 0 Å². The molecule has 0 aromatic carbocycles. The molecule has 0 saturated carbocycles. The van der Waals surface area contributed by atoms with Gasteiger partial charge in [0.2, 0.25) is 0 Å². The number of aryl methyl sites for hydroxylation is 1. The molecule has 1 aromatic rings. The number of thiophene rings is 1. The Morgan fingerprint density at radius 1 is 1.47 bits per heavy atom. The Morgan fingerprint density at radius 3 is 2.53 bits per heavy atom. The first-order chi connectivity index (χ1) is 7.04. The molecule has 0 aliphatic heterocycles. The quantitative estimate of drug-likeness (QED) is 0.861. The standard InChI is InChI=1S/C11H17NO2S/c1-7(2)10(12-11(13)14-4)9-6-5-8(3)15-9/h5-7,10H,1-4H3,(H,12,13). The van der Waals surface area contributed by atoms with Gasteiger partial charge in [0.15, 0.2) is 0 Å². The van der Waals surface area contributed by atoms with Crippen LogP contribution in [0, 0.1) is 12.8 Å². The van der Waals surface area contributed by atoms with Crippen LogP contribution in [0.2, 0.25) is 0 Å². The van der Waals surface area contributed by atoms with Crippen LogP contribution in [0.3, 0.4) is 0 Å². The molecule has 1 amide bonds. The van der Waals surface area contributed by atoms with Gasteiger partial charge in [0, 0.05) is 9.75 Å². The van der Waals surface area contributed by atoms with Crippen molar-refractivity contribution >= 4 is 17.4 Å². The number of hydrogen-bond donors (Lipinski definition) is 1. The molecule has 0 aliphatic rings. The van der Waals surface area contributed by atoms with Crippen LogP contribution in [-0.2, 0) is 4.74 Å². The molecule has 0 fully saturated rings. The van der Waals surface area contributed by atoms with E-state index in [9.17, 15) is 4.79 Å². The Balaban J connectivity index is 2.79. The van der Waals surface area contributed by atoms with Crippen LogP contribution in [0.5, 0.6) is 0 Å². The van der Waals surface area contributed by atoms with Crippen molar-refractivity contribution in [2.45, 2.75) is 26.8 Å². The Bertz CT molecular complexity index is 333. The van der Waals surface area contributed by atoms with Crippen molar-refractivity contribution in [3.05, 3.63) is 21.9 Å². The third-order valence-electron chi connectivity index (χ3n) is 2.19. The number of carbonyl (C=O) groups is 1. The van der Waals surface area contributed by atoms with E-state index in [2.05, 4.69) is 43.0 Å². The topological polar surface area (TPSA) is 38.3 Å². The van der Waals surface area contributed by atoms with Crippen LogP contribution < -0.4 is 5.32 Å². The van der Waals surface area contributed by atoms with E-state index in [0.717, 1.165) is 0 Å². The fraction of sp³-hybridized carbons (Fsp3) is 0.545. The molecule has 15 heavy (non-hydrogen) atoms. The molecule has 0 radical (unpaired) electrons. The number of methoxy groups -OCH3 is 1. The van der Waals surface area contributed by atoms with Gasteiger partial charge in [-0.1, -0.05) is 13.8 Å². The molecular weight excluding hydrogens is 210 g/mol. The number of carbonyl (C=O) groups excluding carboxylic acids is 1.